The van der Waals surface area contributed by atoms with Gasteiger partial charge in [-0.15, -0.1) is 0 Å². The predicted octanol–water partition coefficient (Wildman–Crippen LogP) is 1.29. The zero-order valence-electron chi connectivity index (χ0n) is 9.28. The van der Waals surface area contributed by atoms with Crippen LogP contribution in [0.2, 0.25) is 0 Å². The monoisotopic (exact) mass is 194 g/mol. The van der Waals surface area contributed by atoms with Crippen LogP contribution in [0.1, 0.15) is 38.1 Å². The van der Waals surface area contributed by atoms with Crippen LogP contribution in [0, 0.1) is 0 Å². The molecular formula is C10H18N4. The van der Waals surface area contributed by atoms with Crippen molar-refractivity contribution in [1.82, 2.24) is 14.7 Å². The van der Waals surface area contributed by atoms with Gasteiger partial charge in [0.1, 0.15) is 5.82 Å². The van der Waals surface area contributed by atoms with Crippen molar-refractivity contribution < 1.29 is 0 Å². The number of anilines is 1. The number of fused-ring (bicyclic) bond motifs is 1. The highest BCUT2D eigenvalue weighted by Gasteiger charge is 2.33. The first kappa shape index (κ1) is 9.52. The average Bonchev–Trinajstić information content (AvgIpc) is 2.54. The van der Waals surface area contributed by atoms with Crippen LogP contribution in [0.25, 0.3) is 0 Å². The van der Waals surface area contributed by atoms with Crippen molar-refractivity contribution in [1.29, 1.82) is 0 Å². The number of hydrogen-bond acceptors (Lipinski definition) is 3. The molecule has 1 aliphatic rings. The van der Waals surface area contributed by atoms with Gasteiger partial charge in [0.05, 0.1) is 5.69 Å². The lowest BCUT2D eigenvalue weighted by molar-refractivity contribution is 0.174. The molecule has 0 fully saturated rings. The van der Waals surface area contributed by atoms with Gasteiger partial charge in [0.25, 0.3) is 0 Å². The molecule has 0 saturated carbocycles. The summed E-state index contributed by atoms with van der Waals surface area (Å²) < 4.78 is 1.91. The number of rotatable bonds is 1. The number of hydrogen-bond donors (Lipinski definition) is 1. The fourth-order valence-electron chi connectivity index (χ4n) is 2.39. The van der Waals surface area contributed by atoms with E-state index in [9.17, 15) is 0 Å². The predicted molar refractivity (Wildman–Crippen MR) is 56.7 cm³/mol. The van der Waals surface area contributed by atoms with Crippen LogP contribution in [-0.2, 0) is 13.6 Å². The fourth-order valence-corrected chi connectivity index (χ4v) is 2.39. The molecule has 0 amide bonds. The van der Waals surface area contributed by atoms with Crippen molar-refractivity contribution in [2.45, 2.75) is 39.4 Å². The van der Waals surface area contributed by atoms with Crippen molar-refractivity contribution in [2.75, 3.05) is 5.73 Å². The molecule has 0 radical (unpaired) electrons. The molecule has 78 valence electrons. The molecule has 1 unspecified atom stereocenters. The van der Waals surface area contributed by atoms with Crippen LogP contribution >= 0.6 is 0 Å². The molecule has 0 saturated heterocycles. The second-order valence-corrected chi connectivity index (χ2v) is 4.31. The van der Waals surface area contributed by atoms with Crippen LogP contribution in [0.4, 0.5) is 5.82 Å². The SMILES string of the molecule is CC(C)N1Cc2c(N)nn(C)c2C1C. The Balaban J connectivity index is 2.41. The summed E-state index contributed by atoms with van der Waals surface area (Å²) in [5.41, 5.74) is 8.35. The molecule has 2 heterocycles. The highest BCUT2D eigenvalue weighted by Crippen LogP contribution is 2.36. The van der Waals surface area contributed by atoms with Gasteiger partial charge in [-0.3, -0.25) is 9.58 Å². The lowest BCUT2D eigenvalue weighted by atomic mass is 10.2. The molecule has 0 aromatic carbocycles. The molecule has 4 nitrogen and oxygen atoms in total. The summed E-state index contributed by atoms with van der Waals surface area (Å²) in [6.07, 6.45) is 0. The van der Waals surface area contributed by atoms with Crippen LogP contribution in [-0.4, -0.2) is 20.7 Å². The molecule has 2 N–H and O–H groups in total. The first-order chi connectivity index (χ1) is 6.52. The van der Waals surface area contributed by atoms with Crippen molar-refractivity contribution in [2.24, 2.45) is 7.05 Å². The number of nitrogens with two attached hydrogens (primary N) is 1. The quantitative estimate of drug-likeness (QED) is 0.732. The molecule has 1 aliphatic heterocycles. The summed E-state index contributed by atoms with van der Waals surface area (Å²) in [6.45, 7) is 7.58. The number of aryl methyl sites for hydroxylation is 1. The Bertz CT molecular complexity index is 353. The van der Waals surface area contributed by atoms with Gasteiger partial charge in [-0.2, -0.15) is 5.10 Å². The molecule has 1 atom stereocenters. The summed E-state index contributed by atoms with van der Waals surface area (Å²) >= 11 is 0. The first-order valence-corrected chi connectivity index (χ1v) is 5.09. The lowest BCUT2D eigenvalue weighted by Gasteiger charge is -2.26. The average molecular weight is 194 g/mol. The highest BCUT2D eigenvalue weighted by atomic mass is 15.3. The highest BCUT2D eigenvalue weighted by molar-refractivity contribution is 5.46. The van der Waals surface area contributed by atoms with E-state index in [4.69, 9.17) is 5.73 Å². The van der Waals surface area contributed by atoms with Gasteiger partial charge in [0.2, 0.25) is 0 Å². The summed E-state index contributed by atoms with van der Waals surface area (Å²) in [7, 11) is 1.97. The largest absolute Gasteiger partial charge is 0.382 e. The third-order valence-corrected chi connectivity index (χ3v) is 3.12. The maximum absolute atomic E-state index is 5.86. The Labute approximate surface area is 84.7 Å². The van der Waals surface area contributed by atoms with Gasteiger partial charge >= 0.3 is 0 Å². The molecule has 0 aliphatic carbocycles. The topological polar surface area (TPSA) is 47.1 Å². The van der Waals surface area contributed by atoms with Crippen LogP contribution in [0.3, 0.4) is 0 Å². The van der Waals surface area contributed by atoms with E-state index in [1.807, 2.05) is 11.7 Å². The van der Waals surface area contributed by atoms with Gasteiger partial charge < -0.3 is 5.73 Å². The van der Waals surface area contributed by atoms with Crippen LogP contribution in [0.5, 0.6) is 0 Å². The molecule has 1 aromatic heterocycles. The van der Waals surface area contributed by atoms with E-state index in [1.165, 1.54) is 11.3 Å². The second kappa shape index (κ2) is 2.98. The zero-order chi connectivity index (χ0) is 10.5. The van der Waals surface area contributed by atoms with Gasteiger partial charge in [0.15, 0.2) is 0 Å². The van der Waals surface area contributed by atoms with Crippen molar-refractivity contribution in [3.05, 3.63) is 11.3 Å². The summed E-state index contributed by atoms with van der Waals surface area (Å²) in [5.74, 6) is 0.692. The van der Waals surface area contributed by atoms with Gasteiger partial charge in [0, 0.05) is 31.2 Å². The number of nitrogens with zero attached hydrogens (tertiary/aromatic N) is 3. The normalized spacial score (nSPS) is 21.9. The standard InChI is InChI=1S/C10H18N4/c1-6(2)14-5-8-9(7(14)3)13(4)12-10(8)11/h6-7H,5H2,1-4H3,(H2,11,12). The maximum atomic E-state index is 5.86. The van der Waals surface area contributed by atoms with Crippen LogP contribution < -0.4 is 5.73 Å². The Morgan fingerprint density at radius 3 is 2.64 bits per heavy atom. The van der Waals surface area contributed by atoms with Gasteiger partial charge in [-0.05, 0) is 20.8 Å². The van der Waals surface area contributed by atoms with Gasteiger partial charge in [-0.25, -0.2) is 0 Å². The molecule has 0 bridgehead atoms. The zero-order valence-corrected chi connectivity index (χ0v) is 9.28. The molecule has 1 aromatic rings. The van der Waals surface area contributed by atoms with E-state index in [0.29, 0.717) is 17.9 Å². The van der Waals surface area contributed by atoms with Crippen molar-refractivity contribution in [3.63, 3.8) is 0 Å². The summed E-state index contributed by atoms with van der Waals surface area (Å²) in [6, 6.07) is 0.983. The molecule has 2 rings (SSSR count). The van der Waals surface area contributed by atoms with E-state index in [-0.39, 0.29) is 0 Å². The van der Waals surface area contributed by atoms with Crippen molar-refractivity contribution >= 4 is 5.82 Å². The maximum Gasteiger partial charge on any atom is 0.150 e. The van der Waals surface area contributed by atoms with E-state index in [1.54, 1.807) is 0 Å². The minimum absolute atomic E-state index is 0.430. The smallest absolute Gasteiger partial charge is 0.150 e. The lowest BCUT2D eigenvalue weighted by Crippen LogP contribution is -2.28. The van der Waals surface area contributed by atoms with Crippen LogP contribution in [0.15, 0.2) is 0 Å². The Kier molecular flexibility index (Phi) is 2.03. The fraction of sp³-hybridized carbons (Fsp3) is 0.700. The second-order valence-electron chi connectivity index (χ2n) is 4.31. The Morgan fingerprint density at radius 2 is 2.14 bits per heavy atom. The molecule has 0 spiro atoms. The third-order valence-electron chi connectivity index (χ3n) is 3.12. The summed E-state index contributed by atoms with van der Waals surface area (Å²) in [5, 5.41) is 4.24. The van der Waals surface area contributed by atoms with Gasteiger partial charge in [-0.1, -0.05) is 0 Å². The molecule has 14 heavy (non-hydrogen) atoms. The number of aromatic nitrogens is 2. The Hall–Kier alpha value is -1.03. The van der Waals surface area contributed by atoms with E-state index >= 15 is 0 Å². The summed E-state index contributed by atoms with van der Waals surface area (Å²) in [4.78, 5) is 2.43. The Morgan fingerprint density at radius 1 is 1.50 bits per heavy atom. The van der Waals surface area contributed by atoms with Crippen molar-refractivity contribution in [3.8, 4) is 0 Å². The third kappa shape index (κ3) is 1.14. The number of nitrogen functional groups attached to an aromatic ring is 1. The minimum atomic E-state index is 0.430. The van der Waals surface area contributed by atoms with E-state index in [2.05, 4.69) is 30.8 Å². The minimum Gasteiger partial charge on any atom is -0.382 e. The molecule has 4 heteroatoms. The van der Waals surface area contributed by atoms with E-state index < -0.39 is 0 Å². The van der Waals surface area contributed by atoms with E-state index in [0.717, 1.165) is 6.54 Å². The molecular weight excluding hydrogens is 176 g/mol. The first-order valence-electron chi connectivity index (χ1n) is 5.09.